The number of ether oxygens (including phenoxy) is 1. The van der Waals surface area contributed by atoms with Crippen molar-refractivity contribution in [1.82, 2.24) is 15.1 Å². The number of benzene rings is 2. The largest absolute Gasteiger partial charge is 0.494 e. The first kappa shape index (κ1) is 20.9. The molecule has 1 aliphatic heterocycles. The van der Waals surface area contributed by atoms with Gasteiger partial charge in [0.05, 0.1) is 12.6 Å². The molecule has 1 atom stereocenters. The number of rotatable bonds is 6. The smallest absolute Gasteiger partial charge is 0.286 e. The number of carbonyl (C=O) groups excluding carboxylic acids is 2. The van der Waals surface area contributed by atoms with E-state index in [9.17, 15) is 14.0 Å². The lowest BCUT2D eigenvalue weighted by Gasteiger charge is -2.22. The third-order valence-corrected chi connectivity index (χ3v) is 5.97. The van der Waals surface area contributed by atoms with Crippen molar-refractivity contribution in [2.75, 3.05) is 18.5 Å². The van der Waals surface area contributed by atoms with Crippen LogP contribution in [0.15, 0.2) is 48.5 Å². The van der Waals surface area contributed by atoms with E-state index >= 15 is 0 Å². The molecule has 0 spiro atoms. The van der Waals surface area contributed by atoms with Crippen LogP contribution in [-0.2, 0) is 0 Å². The van der Waals surface area contributed by atoms with Crippen molar-refractivity contribution in [1.29, 1.82) is 0 Å². The fourth-order valence-corrected chi connectivity index (χ4v) is 4.36. The van der Waals surface area contributed by atoms with Crippen molar-refractivity contribution in [2.45, 2.75) is 25.8 Å². The predicted molar refractivity (Wildman–Crippen MR) is 115 cm³/mol. The fourth-order valence-electron chi connectivity index (χ4n) is 3.47. The minimum Gasteiger partial charge on any atom is -0.494 e. The van der Waals surface area contributed by atoms with Crippen LogP contribution in [0.25, 0.3) is 0 Å². The monoisotopic (exact) mass is 440 g/mol. The van der Waals surface area contributed by atoms with Gasteiger partial charge in [0.1, 0.15) is 16.6 Å². The lowest BCUT2D eigenvalue weighted by molar-refractivity contribution is 0.0735. The van der Waals surface area contributed by atoms with Crippen LogP contribution in [0.4, 0.5) is 10.1 Å². The van der Waals surface area contributed by atoms with Crippen molar-refractivity contribution in [2.24, 2.45) is 0 Å². The number of aromatic nitrogens is 2. The van der Waals surface area contributed by atoms with Crippen LogP contribution < -0.4 is 10.1 Å². The number of nitrogens with one attached hydrogen (secondary N) is 1. The number of amides is 2. The quantitative estimate of drug-likeness (QED) is 0.618. The van der Waals surface area contributed by atoms with Crippen LogP contribution in [-0.4, -0.2) is 40.1 Å². The summed E-state index contributed by atoms with van der Waals surface area (Å²) in [5, 5.41) is 11.7. The number of hydrogen-bond acceptors (Lipinski definition) is 6. The number of halogens is 1. The van der Waals surface area contributed by atoms with Gasteiger partial charge in [0.15, 0.2) is 0 Å². The summed E-state index contributed by atoms with van der Waals surface area (Å²) < 4.78 is 18.5. The van der Waals surface area contributed by atoms with Gasteiger partial charge < -0.3 is 15.0 Å². The summed E-state index contributed by atoms with van der Waals surface area (Å²) in [6, 6.07) is 12.3. The second-order valence-electron chi connectivity index (χ2n) is 7.02. The van der Waals surface area contributed by atoms with E-state index in [1.165, 1.54) is 24.3 Å². The number of carbonyl (C=O) groups is 2. The highest BCUT2D eigenvalue weighted by Gasteiger charge is 2.33. The Balaban J connectivity index is 1.46. The van der Waals surface area contributed by atoms with Crippen LogP contribution in [0.2, 0.25) is 0 Å². The van der Waals surface area contributed by atoms with Gasteiger partial charge in [0, 0.05) is 17.8 Å². The van der Waals surface area contributed by atoms with Gasteiger partial charge in [-0.1, -0.05) is 11.3 Å². The van der Waals surface area contributed by atoms with E-state index in [0.29, 0.717) is 29.4 Å². The van der Waals surface area contributed by atoms with Gasteiger partial charge >= 0.3 is 0 Å². The fraction of sp³-hybridized carbons (Fsp3) is 0.273. The van der Waals surface area contributed by atoms with Crippen LogP contribution in [0.1, 0.15) is 51.0 Å². The molecule has 9 heteroatoms. The summed E-state index contributed by atoms with van der Waals surface area (Å²) in [4.78, 5) is 27.3. The molecule has 0 saturated carbocycles. The average molecular weight is 441 g/mol. The molecule has 0 radical (unpaired) electrons. The molecule has 0 unspecified atom stereocenters. The number of anilines is 1. The van der Waals surface area contributed by atoms with Crippen LogP contribution >= 0.6 is 11.3 Å². The van der Waals surface area contributed by atoms with Crippen molar-refractivity contribution < 1.29 is 18.7 Å². The lowest BCUT2D eigenvalue weighted by atomic mass is 10.1. The zero-order valence-electron chi connectivity index (χ0n) is 16.9. The Labute approximate surface area is 182 Å². The molecule has 160 valence electrons. The van der Waals surface area contributed by atoms with E-state index in [2.05, 4.69) is 15.5 Å². The maximum absolute atomic E-state index is 13.0. The number of hydrogen-bond donors (Lipinski definition) is 1. The standard InChI is InChI=1S/C22H21FN4O3S/c1-2-30-17-11-5-14(6-12-17)22(29)27-13-3-4-18(27)20-25-26-21(31-20)19(28)24-16-9-7-15(23)8-10-16/h5-12,18H,2-4,13H2,1H3,(H,24,28)/t18-/m0/s1. The molecular weight excluding hydrogens is 419 g/mol. The molecule has 1 aromatic heterocycles. The van der Waals surface area contributed by atoms with Crippen molar-refractivity contribution in [3.63, 3.8) is 0 Å². The Hall–Kier alpha value is -3.33. The molecule has 4 rings (SSSR count). The average Bonchev–Trinajstić information content (AvgIpc) is 3.45. The van der Waals surface area contributed by atoms with E-state index in [1.807, 2.05) is 6.92 Å². The van der Waals surface area contributed by atoms with E-state index in [4.69, 9.17) is 4.74 Å². The maximum Gasteiger partial charge on any atom is 0.286 e. The zero-order valence-corrected chi connectivity index (χ0v) is 17.7. The summed E-state index contributed by atoms with van der Waals surface area (Å²) in [7, 11) is 0. The Morgan fingerprint density at radius 3 is 2.61 bits per heavy atom. The lowest BCUT2D eigenvalue weighted by Crippen LogP contribution is -2.30. The summed E-state index contributed by atoms with van der Waals surface area (Å²) in [6.45, 7) is 3.09. The summed E-state index contributed by atoms with van der Waals surface area (Å²) >= 11 is 1.16. The third kappa shape index (κ3) is 4.72. The number of nitrogens with zero attached hydrogens (tertiary/aromatic N) is 3. The highest BCUT2D eigenvalue weighted by Crippen LogP contribution is 2.35. The third-order valence-electron chi connectivity index (χ3n) is 4.95. The Morgan fingerprint density at radius 2 is 1.90 bits per heavy atom. The molecule has 0 aliphatic carbocycles. The normalized spacial score (nSPS) is 15.7. The van der Waals surface area contributed by atoms with Crippen molar-refractivity contribution in [3.8, 4) is 5.75 Å². The van der Waals surface area contributed by atoms with E-state index in [0.717, 1.165) is 29.9 Å². The van der Waals surface area contributed by atoms with Gasteiger partial charge in [0.2, 0.25) is 5.01 Å². The predicted octanol–water partition coefficient (Wildman–Crippen LogP) is 4.31. The van der Waals surface area contributed by atoms with Gasteiger partial charge in [-0.15, -0.1) is 10.2 Å². The van der Waals surface area contributed by atoms with Gasteiger partial charge in [0.25, 0.3) is 11.8 Å². The maximum atomic E-state index is 13.0. The molecular formula is C22H21FN4O3S. The summed E-state index contributed by atoms with van der Waals surface area (Å²) in [6.07, 6.45) is 1.61. The van der Waals surface area contributed by atoms with Gasteiger partial charge in [-0.2, -0.15) is 0 Å². The molecule has 1 N–H and O–H groups in total. The molecule has 1 saturated heterocycles. The highest BCUT2D eigenvalue weighted by atomic mass is 32.1. The minimum absolute atomic E-state index is 0.0851. The second kappa shape index (κ2) is 9.22. The Kier molecular flexibility index (Phi) is 6.22. The molecule has 7 nitrogen and oxygen atoms in total. The SMILES string of the molecule is CCOc1ccc(C(=O)N2CCC[C@H]2c2nnc(C(=O)Nc3ccc(F)cc3)s2)cc1. The van der Waals surface area contributed by atoms with Crippen molar-refractivity contribution >= 4 is 28.8 Å². The molecule has 2 heterocycles. The molecule has 0 bridgehead atoms. The summed E-state index contributed by atoms with van der Waals surface area (Å²) in [5.41, 5.74) is 1.05. The van der Waals surface area contributed by atoms with Crippen LogP contribution in [0.3, 0.4) is 0 Å². The van der Waals surface area contributed by atoms with Gasteiger partial charge in [-0.3, -0.25) is 9.59 Å². The highest BCUT2D eigenvalue weighted by molar-refractivity contribution is 7.13. The molecule has 31 heavy (non-hydrogen) atoms. The molecule has 2 amide bonds. The first-order valence-corrected chi connectivity index (χ1v) is 10.8. The van der Waals surface area contributed by atoms with Crippen molar-refractivity contribution in [3.05, 3.63) is 69.9 Å². The van der Waals surface area contributed by atoms with Gasteiger partial charge in [-0.05, 0) is 68.3 Å². The topological polar surface area (TPSA) is 84.4 Å². The van der Waals surface area contributed by atoms with E-state index < -0.39 is 5.91 Å². The second-order valence-corrected chi connectivity index (χ2v) is 8.03. The Morgan fingerprint density at radius 1 is 1.16 bits per heavy atom. The Bertz CT molecular complexity index is 1070. The summed E-state index contributed by atoms with van der Waals surface area (Å²) in [5.74, 6) is -0.163. The van der Waals surface area contributed by atoms with Gasteiger partial charge in [-0.25, -0.2) is 4.39 Å². The first-order valence-electron chi connectivity index (χ1n) is 9.99. The van der Waals surface area contributed by atoms with Crippen LogP contribution in [0.5, 0.6) is 5.75 Å². The molecule has 1 aliphatic rings. The van der Waals surface area contributed by atoms with E-state index in [-0.39, 0.29) is 22.8 Å². The molecule has 2 aromatic carbocycles. The molecule has 3 aromatic rings. The minimum atomic E-state index is -0.419. The zero-order chi connectivity index (χ0) is 21.8. The first-order chi connectivity index (χ1) is 15.0. The van der Waals surface area contributed by atoms with E-state index in [1.54, 1.807) is 29.2 Å². The number of likely N-dealkylation sites (tertiary alicyclic amines) is 1. The van der Waals surface area contributed by atoms with Crippen LogP contribution in [0, 0.1) is 5.82 Å². The molecule has 1 fully saturated rings.